The highest BCUT2D eigenvalue weighted by molar-refractivity contribution is 5.98. The summed E-state index contributed by atoms with van der Waals surface area (Å²) < 4.78 is 13.1. The molecule has 0 aliphatic heterocycles. The van der Waals surface area contributed by atoms with Crippen LogP contribution in [0.25, 0.3) is 21.9 Å². The van der Waals surface area contributed by atoms with Gasteiger partial charge in [-0.1, -0.05) is 42.5 Å². The van der Waals surface area contributed by atoms with Gasteiger partial charge in [0.05, 0.1) is 0 Å². The first kappa shape index (κ1) is 11.7. The van der Waals surface area contributed by atoms with E-state index in [2.05, 4.69) is 13.0 Å². The summed E-state index contributed by atoms with van der Waals surface area (Å²) >= 11 is 0. The van der Waals surface area contributed by atoms with E-state index in [4.69, 9.17) is 0 Å². The molecule has 0 bridgehead atoms. The summed E-state index contributed by atoms with van der Waals surface area (Å²) in [6.07, 6.45) is 0. The zero-order chi connectivity index (χ0) is 13.4. The molecule has 1 N–H and O–H groups in total. The Hall–Kier alpha value is -2.35. The van der Waals surface area contributed by atoms with Crippen molar-refractivity contribution < 1.29 is 9.50 Å². The van der Waals surface area contributed by atoms with Crippen molar-refractivity contribution in [2.24, 2.45) is 0 Å². The van der Waals surface area contributed by atoms with Gasteiger partial charge in [-0.25, -0.2) is 4.39 Å². The summed E-state index contributed by atoms with van der Waals surface area (Å²) in [5, 5.41) is 11.8. The van der Waals surface area contributed by atoms with E-state index in [0.717, 1.165) is 16.5 Å². The highest BCUT2D eigenvalue weighted by Crippen LogP contribution is 2.32. The van der Waals surface area contributed by atoms with Gasteiger partial charge in [-0.15, -0.1) is 0 Å². The van der Waals surface area contributed by atoms with Crippen LogP contribution in [0.2, 0.25) is 0 Å². The Labute approximate surface area is 110 Å². The van der Waals surface area contributed by atoms with Crippen LogP contribution in [-0.4, -0.2) is 5.11 Å². The minimum Gasteiger partial charge on any atom is -0.505 e. The lowest BCUT2D eigenvalue weighted by Gasteiger charge is -2.09. The number of aromatic hydroxyl groups is 1. The predicted molar refractivity (Wildman–Crippen MR) is 75.7 cm³/mol. The van der Waals surface area contributed by atoms with Gasteiger partial charge in [-0.05, 0) is 46.5 Å². The van der Waals surface area contributed by atoms with E-state index in [1.807, 2.05) is 30.3 Å². The monoisotopic (exact) mass is 252 g/mol. The Kier molecular flexibility index (Phi) is 2.71. The largest absolute Gasteiger partial charge is 0.505 e. The van der Waals surface area contributed by atoms with Gasteiger partial charge < -0.3 is 5.11 Å². The maximum Gasteiger partial charge on any atom is 0.164 e. The van der Waals surface area contributed by atoms with Crippen molar-refractivity contribution in [3.05, 3.63) is 66.0 Å². The Morgan fingerprint density at radius 3 is 2.37 bits per heavy atom. The predicted octanol–water partition coefficient (Wildman–Crippen LogP) is 4.66. The van der Waals surface area contributed by atoms with Crippen molar-refractivity contribution in [1.29, 1.82) is 0 Å². The van der Waals surface area contributed by atoms with Gasteiger partial charge in [0.15, 0.2) is 11.6 Å². The second kappa shape index (κ2) is 4.39. The molecule has 2 heteroatoms. The summed E-state index contributed by atoms with van der Waals surface area (Å²) in [6, 6.07) is 16.6. The molecule has 0 saturated heterocycles. The van der Waals surface area contributed by atoms with E-state index < -0.39 is 5.82 Å². The molecule has 19 heavy (non-hydrogen) atoms. The third kappa shape index (κ3) is 1.95. The van der Waals surface area contributed by atoms with E-state index in [1.165, 1.54) is 23.1 Å². The second-order valence-electron chi connectivity index (χ2n) is 4.64. The molecule has 0 aliphatic rings. The topological polar surface area (TPSA) is 20.2 Å². The molecule has 94 valence electrons. The number of benzene rings is 3. The molecule has 0 amide bonds. The summed E-state index contributed by atoms with van der Waals surface area (Å²) in [7, 11) is 0. The van der Waals surface area contributed by atoms with Gasteiger partial charge in [-0.3, -0.25) is 0 Å². The first-order valence-corrected chi connectivity index (χ1v) is 6.14. The molecule has 3 rings (SSSR count). The van der Waals surface area contributed by atoms with E-state index in [0.29, 0.717) is 0 Å². The maximum atomic E-state index is 13.1. The molecule has 0 heterocycles. The molecule has 0 spiro atoms. The molecule has 0 fully saturated rings. The summed E-state index contributed by atoms with van der Waals surface area (Å²) in [4.78, 5) is 0. The average Bonchev–Trinajstić information content (AvgIpc) is 2.43. The fraction of sp³-hybridized carbons (Fsp3) is 0.0588. The number of phenols is 1. The van der Waals surface area contributed by atoms with Crippen LogP contribution in [0, 0.1) is 12.7 Å². The standard InChI is InChI=1S/C17H13FO/c1-11-6-8-14(15-5-3-2-4-13(11)15)12-7-9-16(18)17(19)10-12/h2-10,19H,1H3. The van der Waals surface area contributed by atoms with Crippen molar-refractivity contribution in [2.45, 2.75) is 6.92 Å². The van der Waals surface area contributed by atoms with Crippen LogP contribution in [0.3, 0.4) is 0 Å². The summed E-state index contributed by atoms with van der Waals surface area (Å²) in [5.74, 6) is -0.915. The van der Waals surface area contributed by atoms with Crippen LogP contribution < -0.4 is 0 Å². The molecular weight excluding hydrogens is 239 g/mol. The molecule has 0 unspecified atom stereocenters. The van der Waals surface area contributed by atoms with Gasteiger partial charge in [0.2, 0.25) is 0 Å². The summed E-state index contributed by atoms with van der Waals surface area (Å²) in [6.45, 7) is 2.06. The molecule has 3 aromatic carbocycles. The molecule has 0 aliphatic carbocycles. The van der Waals surface area contributed by atoms with E-state index in [1.54, 1.807) is 6.07 Å². The lowest BCUT2D eigenvalue weighted by atomic mass is 9.95. The average molecular weight is 252 g/mol. The highest BCUT2D eigenvalue weighted by Gasteiger charge is 2.08. The third-order valence-corrected chi connectivity index (χ3v) is 3.40. The fourth-order valence-electron chi connectivity index (χ4n) is 2.38. The molecular formula is C17H13FO. The normalized spacial score (nSPS) is 10.8. The minimum atomic E-state index is -0.597. The molecule has 0 radical (unpaired) electrons. The van der Waals surface area contributed by atoms with Gasteiger partial charge >= 0.3 is 0 Å². The Bertz CT molecular complexity index is 762. The van der Waals surface area contributed by atoms with E-state index in [-0.39, 0.29) is 5.75 Å². The van der Waals surface area contributed by atoms with Crippen LogP contribution in [0.5, 0.6) is 5.75 Å². The zero-order valence-electron chi connectivity index (χ0n) is 10.5. The third-order valence-electron chi connectivity index (χ3n) is 3.40. The lowest BCUT2D eigenvalue weighted by molar-refractivity contribution is 0.433. The molecule has 3 aromatic rings. The lowest BCUT2D eigenvalue weighted by Crippen LogP contribution is -1.85. The van der Waals surface area contributed by atoms with Crippen molar-refractivity contribution in [1.82, 2.24) is 0 Å². The van der Waals surface area contributed by atoms with E-state index in [9.17, 15) is 9.50 Å². The number of rotatable bonds is 1. The maximum absolute atomic E-state index is 13.1. The van der Waals surface area contributed by atoms with Crippen LogP contribution >= 0.6 is 0 Å². The smallest absolute Gasteiger partial charge is 0.164 e. The number of hydrogen-bond donors (Lipinski definition) is 1. The van der Waals surface area contributed by atoms with Gasteiger partial charge in [0, 0.05) is 0 Å². The number of phenolic OH excluding ortho intramolecular Hbond substituents is 1. The first-order chi connectivity index (χ1) is 9.16. The number of fused-ring (bicyclic) bond motifs is 1. The van der Waals surface area contributed by atoms with Gasteiger partial charge in [0.25, 0.3) is 0 Å². The van der Waals surface area contributed by atoms with Crippen LogP contribution in [0.15, 0.2) is 54.6 Å². The van der Waals surface area contributed by atoms with Crippen molar-refractivity contribution in [3.63, 3.8) is 0 Å². The second-order valence-corrected chi connectivity index (χ2v) is 4.64. The Balaban J connectivity index is 2.31. The van der Waals surface area contributed by atoms with Crippen LogP contribution in [0.1, 0.15) is 5.56 Å². The van der Waals surface area contributed by atoms with E-state index >= 15 is 0 Å². The highest BCUT2D eigenvalue weighted by atomic mass is 19.1. The van der Waals surface area contributed by atoms with Crippen molar-refractivity contribution >= 4 is 10.8 Å². The number of halogens is 1. The Morgan fingerprint density at radius 1 is 0.895 bits per heavy atom. The van der Waals surface area contributed by atoms with Crippen molar-refractivity contribution in [3.8, 4) is 16.9 Å². The zero-order valence-corrected chi connectivity index (χ0v) is 10.5. The molecule has 0 atom stereocenters. The molecule has 0 saturated carbocycles. The van der Waals surface area contributed by atoms with Gasteiger partial charge in [0.1, 0.15) is 0 Å². The van der Waals surface area contributed by atoms with Crippen molar-refractivity contribution in [2.75, 3.05) is 0 Å². The SMILES string of the molecule is Cc1ccc(-c2ccc(F)c(O)c2)c2ccccc12. The molecule has 1 nitrogen and oxygen atoms in total. The first-order valence-electron chi connectivity index (χ1n) is 6.14. The minimum absolute atomic E-state index is 0.317. The molecule has 0 aromatic heterocycles. The quantitative estimate of drug-likeness (QED) is 0.667. The van der Waals surface area contributed by atoms with Gasteiger partial charge in [-0.2, -0.15) is 0 Å². The number of aryl methyl sites for hydroxylation is 1. The van der Waals surface area contributed by atoms with Crippen LogP contribution in [-0.2, 0) is 0 Å². The number of hydrogen-bond acceptors (Lipinski definition) is 1. The Morgan fingerprint density at radius 2 is 1.63 bits per heavy atom. The summed E-state index contributed by atoms with van der Waals surface area (Å²) in [5.41, 5.74) is 3.01. The fourth-order valence-corrected chi connectivity index (χ4v) is 2.38. The van der Waals surface area contributed by atoms with Crippen LogP contribution in [0.4, 0.5) is 4.39 Å².